The third kappa shape index (κ3) is 13.0. The third-order valence-corrected chi connectivity index (χ3v) is 7.27. The van der Waals surface area contributed by atoms with Gasteiger partial charge in [0.15, 0.2) is 0 Å². The van der Waals surface area contributed by atoms with Crippen molar-refractivity contribution >= 4 is 16.7 Å². The van der Waals surface area contributed by atoms with E-state index in [4.69, 9.17) is 0 Å². The number of para-hydroxylation sites is 1. The SMILES string of the molecule is CCCCCCCCCCCCCCC1=NC=C[N+]1(CCO)CCCC.[Cl-].c1ccc2ncccc2c1. The predicted molar refractivity (Wildman–Crippen MR) is 156 cm³/mol. The molecule has 0 fully saturated rings. The van der Waals surface area contributed by atoms with Gasteiger partial charge in [0.1, 0.15) is 12.7 Å². The molecule has 1 unspecified atom stereocenters. The quantitative estimate of drug-likeness (QED) is 0.196. The minimum atomic E-state index is 0. The largest absolute Gasteiger partial charge is 1.00 e. The Hall–Kier alpha value is -1.75. The van der Waals surface area contributed by atoms with Gasteiger partial charge in [-0.05, 0) is 25.0 Å². The second-order valence-corrected chi connectivity index (χ2v) is 10.2. The van der Waals surface area contributed by atoms with Crippen LogP contribution in [0, 0.1) is 0 Å². The monoisotopic (exact) mass is 529 g/mol. The number of aliphatic hydroxyl groups excluding tert-OH is 1. The number of halogens is 1. The summed E-state index contributed by atoms with van der Waals surface area (Å²) in [7, 11) is 0. The molecule has 0 bridgehead atoms. The maximum Gasteiger partial charge on any atom is 0.207 e. The van der Waals surface area contributed by atoms with Gasteiger partial charge in [0, 0.05) is 18.0 Å². The lowest BCUT2D eigenvalue weighted by Gasteiger charge is -2.32. The molecule has 1 aliphatic heterocycles. The molecule has 1 N–H and O–H groups in total. The first-order chi connectivity index (χ1) is 17.8. The number of aromatic nitrogens is 1. The van der Waals surface area contributed by atoms with Crippen LogP contribution in [0.15, 0.2) is 60.0 Å². The second kappa shape index (κ2) is 21.2. The molecule has 4 nitrogen and oxygen atoms in total. The van der Waals surface area contributed by atoms with Gasteiger partial charge in [0.05, 0.1) is 24.9 Å². The Balaban J connectivity index is 0.000000513. The van der Waals surface area contributed by atoms with Crippen LogP contribution in [0.1, 0.15) is 110 Å². The van der Waals surface area contributed by atoms with E-state index in [2.05, 4.69) is 42.2 Å². The number of unbranched alkanes of at least 4 members (excludes halogenated alkanes) is 12. The van der Waals surface area contributed by atoms with Gasteiger partial charge in [-0.15, -0.1) is 0 Å². The van der Waals surface area contributed by atoms with Gasteiger partial charge in [-0.2, -0.15) is 0 Å². The second-order valence-electron chi connectivity index (χ2n) is 10.2. The molecule has 2 heterocycles. The molecule has 0 saturated heterocycles. The normalized spacial score (nSPS) is 16.2. The number of pyridine rings is 1. The van der Waals surface area contributed by atoms with Crippen molar-refractivity contribution < 1.29 is 22.0 Å². The first-order valence-electron chi connectivity index (χ1n) is 14.8. The number of amidine groups is 1. The maximum atomic E-state index is 9.48. The fraction of sp³-hybridized carbons (Fsp3) is 0.625. The van der Waals surface area contributed by atoms with E-state index >= 15 is 0 Å². The molecule has 1 aromatic heterocycles. The molecule has 1 atom stereocenters. The summed E-state index contributed by atoms with van der Waals surface area (Å²) in [5, 5.41) is 10.7. The Morgan fingerprint density at radius 3 is 1.92 bits per heavy atom. The van der Waals surface area contributed by atoms with E-state index in [1.54, 1.807) is 0 Å². The highest BCUT2D eigenvalue weighted by Gasteiger charge is 2.33. The maximum absolute atomic E-state index is 9.48. The molecule has 0 amide bonds. The van der Waals surface area contributed by atoms with Crippen LogP contribution < -0.4 is 12.4 Å². The van der Waals surface area contributed by atoms with Crippen LogP contribution in [0.2, 0.25) is 0 Å². The number of nitrogens with zero attached hydrogens (tertiary/aromatic N) is 3. The molecular formula is C32H52ClN3O. The summed E-state index contributed by atoms with van der Waals surface area (Å²) in [4.78, 5) is 8.83. The van der Waals surface area contributed by atoms with E-state index in [1.807, 2.05) is 36.7 Å². The number of benzene rings is 1. The van der Waals surface area contributed by atoms with Crippen molar-refractivity contribution in [1.82, 2.24) is 4.98 Å². The lowest BCUT2D eigenvalue weighted by molar-refractivity contribution is -0.788. The van der Waals surface area contributed by atoms with Crippen LogP contribution in [-0.4, -0.2) is 40.1 Å². The Morgan fingerprint density at radius 1 is 0.703 bits per heavy atom. The summed E-state index contributed by atoms with van der Waals surface area (Å²) in [5.74, 6) is 1.28. The van der Waals surface area contributed by atoms with Gasteiger partial charge < -0.3 is 17.5 Å². The van der Waals surface area contributed by atoms with Crippen LogP contribution in [0.25, 0.3) is 10.9 Å². The van der Waals surface area contributed by atoms with Crippen LogP contribution in [0.3, 0.4) is 0 Å². The standard InChI is InChI=1S/C23H45N2O.C9H7N.ClH/c1-3-5-7-8-9-10-11-12-13-14-15-16-17-23-24-18-20-25(23,21-22-26)19-6-4-2;1-2-6-9-8(4-1)5-3-7-10-9;/h18,20,26H,3-17,19,21-22H2,1-2H3;1-7H;1H/q+1;;/p-1. The molecular weight excluding hydrogens is 478 g/mol. The summed E-state index contributed by atoms with van der Waals surface area (Å²) in [6.07, 6.45) is 26.1. The van der Waals surface area contributed by atoms with E-state index in [0.717, 1.165) is 29.5 Å². The van der Waals surface area contributed by atoms with Gasteiger partial charge in [-0.25, -0.2) is 9.48 Å². The van der Waals surface area contributed by atoms with Crippen molar-refractivity contribution in [2.75, 3.05) is 19.7 Å². The van der Waals surface area contributed by atoms with Gasteiger partial charge in [0.25, 0.3) is 0 Å². The Labute approximate surface area is 233 Å². The molecule has 37 heavy (non-hydrogen) atoms. The Kier molecular flexibility index (Phi) is 19.1. The number of fused-ring (bicyclic) bond motifs is 1. The highest BCUT2D eigenvalue weighted by atomic mass is 35.5. The van der Waals surface area contributed by atoms with Crippen molar-refractivity contribution in [3.8, 4) is 0 Å². The Morgan fingerprint density at radius 2 is 1.30 bits per heavy atom. The zero-order valence-corrected chi connectivity index (χ0v) is 24.3. The van der Waals surface area contributed by atoms with Crippen LogP contribution >= 0.6 is 0 Å². The van der Waals surface area contributed by atoms with E-state index in [-0.39, 0.29) is 19.0 Å². The molecule has 1 aromatic carbocycles. The number of quaternary nitrogens is 1. The van der Waals surface area contributed by atoms with Gasteiger partial charge >= 0.3 is 0 Å². The number of hydrogen-bond donors (Lipinski definition) is 1. The highest BCUT2D eigenvalue weighted by Crippen LogP contribution is 2.22. The lowest BCUT2D eigenvalue weighted by Crippen LogP contribution is -3.00. The zero-order valence-electron chi connectivity index (χ0n) is 23.6. The molecule has 208 valence electrons. The van der Waals surface area contributed by atoms with Gasteiger partial charge in [-0.1, -0.05) is 115 Å². The summed E-state index contributed by atoms with van der Waals surface area (Å²) >= 11 is 0. The molecule has 2 aromatic rings. The molecule has 0 radical (unpaired) electrons. The summed E-state index contributed by atoms with van der Waals surface area (Å²) in [5.41, 5.74) is 1.06. The van der Waals surface area contributed by atoms with Crippen LogP contribution in [-0.2, 0) is 0 Å². The van der Waals surface area contributed by atoms with Crippen molar-refractivity contribution in [3.05, 3.63) is 55.0 Å². The predicted octanol–water partition coefficient (Wildman–Crippen LogP) is 5.81. The minimum absolute atomic E-state index is 0. The lowest BCUT2D eigenvalue weighted by atomic mass is 10.0. The Bertz CT molecular complexity index is 820. The topological polar surface area (TPSA) is 45.5 Å². The highest BCUT2D eigenvalue weighted by molar-refractivity contribution is 5.78. The zero-order chi connectivity index (χ0) is 25.7. The van der Waals surface area contributed by atoms with Gasteiger partial charge in [0.2, 0.25) is 5.84 Å². The van der Waals surface area contributed by atoms with E-state index in [9.17, 15) is 5.11 Å². The van der Waals surface area contributed by atoms with Crippen molar-refractivity contribution in [2.45, 2.75) is 110 Å². The molecule has 3 rings (SSSR count). The summed E-state index contributed by atoms with van der Waals surface area (Å²) < 4.78 is 0.808. The molecule has 0 spiro atoms. The van der Waals surface area contributed by atoms with Crippen molar-refractivity contribution in [1.29, 1.82) is 0 Å². The number of aliphatic imine (C=N–C) groups is 1. The first-order valence-corrected chi connectivity index (χ1v) is 14.8. The first kappa shape index (κ1) is 33.3. The van der Waals surface area contributed by atoms with Crippen molar-refractivity contribution in [3.63, 3.8) is 0 Å². The van der Waals surface area contributed by atoms with Crippen molar-refractivity contribution in [2.24, 2.45) is 4.99 Å². The van der Waals surface area contributed by atoms with Gasteiger partial charge in [-0.3, -0.25) is 4.98 Å². The third-order valence-electron chi connectivity index (χ3n) is 7.27. The molecule has 0 aliphatic carbocycles. The average molecular weight is 530 g/mol. The fourth-order valence-corrected chi connectivity index (χ4v) is 5.01. The number of aliphatic hydroxyl groups is 1. The summed E-state index contributed by atoms with van der Waals surface area (Å²) in [6, 6.07) is 12.1. The van der Waals surface area contributed by atoms with E-state index < -0.39 is 0 Å². The minimum Gasteiger partial charge on any atom is -1.00 e. The van der Waals surface area contributed by atoms with Crippen LogP contribution in [0.5, 0.6) is 0 Å². The van der Waals surface area contributed by atoms with Crippen LogP contribution in [0.4, 0.5) is 0 Å². The fourth-order valence-electron chi connectivity index (χ4n) is 5.01. The summed E-state index contributed by atoms with van der Waals surface area (Å²) in [6.45, 7) is 6.63. The molecule has 1 aliphatic rings. The van der Waals surface area contributed by atoms with E-state index in [0.29, 0.717) is 0 Å². The number of hydrogen-bond acceptors (Lipinski definition) is 3. The average Bonchev–Trinajstić information content (AvgIpc) is 3.31. The van der Waals surface area contributed by atoms with E-state index in [1.165, 1.54) is 101 Å². The smallest absolute Gasteiger partial charge is 0.207 e. The molecule has 0 saturated carbocycles. The number of rotatable bonds is 18. The molecule has 5 heteroatoms.